The number of halogens is 1. The van der Waals surface area contributed by atoms with Crippen molar-refractivity contribution in [3.05, 3.63) is 26.6 Å². The van der Waals surface area contributed by atoms with Gasteiger partial charge in [0.15, 0.2) is 0 Å². The average molecular weight is 397 g/mol. The first-order chi connectivity index (χ1) is 11.5. The number of aromatic nitrogens is 3. The van der Waals surface area contributed by atoms with Crippen molar-refractivity contribution in [2.45, 2.75) is 44.8 Å². The Labute approximate surface area is 148 Å². The monoisotopic (exact) mass is 396 g/mol. The van der Waals surface area contributed by atoms with Crippen LogP contribution < -0.4 is 11.3 Å². The zero-order valence-corrected chi connectivity index (χ0v) is 15.1. The molecular weight excluding hydrogens is 376 g/mol. The number of anilines is 1. The van der Waals surface area contributed by atoms with Gasteiger partial charge < -0.3 is 15.6 Å². The van der Waals surface area contributed by atoms with E-state index in [1.54, 1.807) is 10.6 Å². The maximum atomic E-state index is 12.7. The van der Waals surface area contributed by atoms with Gasteiger partial charge in [-0.2, -0.15) is 4.98 Å². The number of ether oxygens (including phenoxy) is 1. The quantitative estimate of drug-likeness (QED) is 0.818. The van der Waals surface area contributed by atoms with Crippen LogP contribution in [-0.2, 0) is 4.74 Å². The summed E-state index contributed by atoms with van der Waals surface area (Å²) in [6.07, 6.45) is 3.49. The Balaban J connectivity index is 1.98. The van der Waals surface area contributed by atoms with Crippen LogP contribution >= 0.6 is 15.9 Å². The Morgan fingerprint density at radius 3 is 2.75 bits per heavy atom. The Bertz CT molecular complexity index is 800. The molecule has 0 bridgehead atoms. The molecule has 1 aliphatic carbocycles. The fraction of sp³-hybridized carbons (Fsp3) is 0.562. The summed E-state index contributed by atoms with van der Waals surface area (Å²) >= 11 is 3.36. The molecule has 2 aromatic rings. The van der Waals surface area contributed by atoms with Gasteiger partial charge in [-0.05, 0) is 54.6 Å². The van der Waals surface area contributed by atoms with E-state index in [2.05, 4.69) is 25.9 Å². The van der Waals surface area contributed by atoms with E-state index < -0.39 is 0 Å². The van der Waals surface area contributed by atoms with E-state index in [1.165, 1.54) is 0 Å². The molecule has 0 spiro atoms. The highest BCUT2D eigenvalue weighted by atomic mass is 79.9. The number of rotatable bonds is 4. The molecular formula is C16H21BrN4O3. The molecule has 2 aromatic heterocycles. The number of pyridine rings is 1. The van der Waals surface area contributed by atoms with E-state index in [0.717, 1.165) is 36.8 Å². The van der Waals surface area contributed by atoms with Crippen molar-refractivity contribution in [2.75, 3.05) is 18.9 Å². The molecule has 24 heavy (non-hydrogen) atoms. The van der Waals surface area contributed by atoms with Gasteiger partial charge in [0.2, 0.25) is 5.95 Å². The molecule has 0 aliphatic heterocycles. The lowest BCUT2D eigenvalue weighted by Crippen LogP contribution is -2.31. The Morgan fingerprint density at radius 1 is 1.38 bits per heavy atom. The standard InChI is InChI=1S/C16H21BrN4O3/c1-9-12-8-13(17)15(23)21(14(12)20-16(18)19-9)10-2-4-11(5-3-10)24-7-6-22/h8,10-11,22H,2-7H2,1H3,(H2,18,19,20)/t10-,11+. The van der Waals surface area contributed by atoms with Gasteiger partial charge in [-0.25, -0.2) is 4.98 Å². The molecule has 2 heterocycles. The Hall–Kier alpha value is -1.51. The fourth-order valence-electron chi connectivity index (χ4n) is 3.37. The summed E-state index contributed by atoms with van der Waals surface area (Å²) < 4.78 is 7.85. The van der Waals surface area contributed by atoms with Crippen LogP contribution in [0, 0.1) is 6.92 Å². The number of nitrogen functional groups attached to an aromatic ring is 1. The summed E-state index contributed by atoms with van der Waals surface area (Å²) in [6, 6.07) is 1.82. The van der Waals surface area contributed by atoms with E-state index in [0.29, 0.717) is 16.7 Å². The SMILES string of the molecule is Cc1nc(N)nc2c1cc(Br)c(=O)n2[C@H]1CC[C@@H](OCCO)CC1. The second kappa shape index (κ2) is 7.16. The predicted octanol–water partition coefficient (Wildman–Crippen LogP) is 1.94. The molecule has 3 rings (SSSR count). The zero-order chi connectivity index (χ0) is 17.3. The Kier molecular flexibility index (Phi) is 5.17. The van der Waals surface area contributed by atoms with Crippen LogP contribution in [0.2, 0.25) is 0 Å². The third-order valence-electron chi connectivity index (χ3n) is 4.51. The van der Waals surface area contributed by atoms with Gasteiger partial charge in [-0.15, -0.1) is 0 Å². The van der Waals surface area contributed by atoms with E-state index in [1.807, 2.05) is 6.92 Å². The van der Waals surface area contributed by atoms with Crippen molar-refractivity contribution in [2.24, 2.45) is 0 Å². The van der Waals surface area contributed by atoms with Gasteiger partial charge in [0.1, 0.15) is 5.65 Å². The summed E-state index contributed by atoms with van der Waals surface area (Å²) in [5.74, 6) is 0.176. The van der Waals surface area contributed by atoms with Crippen molar-refractivity contribution in [1.82, 2.24) is 14.5 Å². The van der Waals surface area contributed by atoms with E-state index >= 15 is 0 Å². The number of fused-ring (bicyclic) bond motifs is 1. The largest absolute Gasteiger partial charge is 0.394 e. The lowest BCUT2D eigenvalue weighted by Gasteiger charge is -2.30. The van der Waals surface area contributed by atoms with Crippen LogP contribution in [0.3, 0.4) is 0 Å². The Morgan fingerprint density at radius 2 is 2.08 bits per heavy atom. The van der Waals surface area contributed by atoms with Crippen LogP contribution in [0.1, 0.15) is 37.4 Å². The van der Waals surface area contributed by atoms with Crippen LogP contribution in [0.15, 0.2) is 15.3 Å². The van der Waals surface area contributed by atoms with Crippen molar-refractivity contribution in [3.8, 4) is 0 Å². The minimum absolute atomic E-state index is 0.0329. The maximum Gasteiger partial charge on any atom is 0.266 e. The molecule has 1 saturated carbocycles. The first-order valence-corrected chi connectivity index (χ1v) is 8.88. The number of hydrogen-bond donors (Lipinski definition) is 2. The van der Waals surface area contributed by atoms with E-state index in [-0.39, 0.29) is 30.3 Å². The normalized spacial score (nSPS) is 21.3. The summed E-state index contributed by atoms with van der Waals surface area (Å²) in [7, 11) is 0. The van der Waals surface area contributed by atoms with Crippen molar-refractivity contribution >= 4 is 32.9 Å². The van der Waals surface area contributed by atoms with Gasteiger partial charge >= 0.3 is 0 Å². The predicted molar refractivity (Wildman–Crippen MR) is 95.0 cm³/mol. The number of nitrogens with two attached hydrogens (primary N) is 1. The molecule has 0 aromatic carbocycles. The number of aliphatic hydroxyl groups is 1. The molecule has 0 radical (unpaired) electrons. The van der Waals surface area contributed by atoms with E-state index in [9.17, 15) is 4.79 Å². The third-order valence-corrected chi connectivity index (χ3v) is 5.08. The fourth-order valence-corrected chi connectivity index (χ4v) is 3.79. The van der Waals surface area contributed by atoms with Gasteiger partial charge in [0.05, 0.1) is 29.5 Å². The van der Waals surface area contributed by atoms with Crippen molar-refractivity contribution in [1.29, 1.82) is 0 Å². The molecule has 1 fully saturated rings. The molecule has 0 unspecified atom stereocenters. The summed E-state index contributed by atoms with van der Waals surface area (Å²) in [6.45, 7) is 2.25. The average Bonchev–Trinajstić information content (AvgIpc) is 2.56. The second-order valence-corrected chi connectivity index (χ2v) is 6.95. The summed E-state index contributed by atoms with van der Waals surface area (Å²) in [4.78, 5) is 21.2. The van der Waals surface area contributed by atoms with Crippen LogP contribution in [-0.4, -0.2) is 39.0 Å². The number of aliphatic hydroxyl groups excluding tert-OH is 1. The van der Waals surface area contributed by atoms with Gasteiger partial charge in [0.25, 0.3) is 5.56 Å². The van der Waals surface area contributed by atoms with Crippen LogP contribution in [0.5, 0.6) is 0 Å². The molecule has 3 N–H and O–H groups in total. The lowest BCUT2D eigenvalue weighted by atomic mass is 9.92. The van der Waals surface area contributed by atoms with Gasteiger partial charge in [-0.1, -0.05) is 0 Å². The van der Waals surface area contributed by atoms with Gasteiger partial charge in [0, 0.05) is 11.4 Å². The van der Waals surface area contributed by atoms with E-state index in [4.69, 9.17) is 15.6 Å². The van der Waals surface area contributed by atoms with Crippen LogP contribution in [0.4, 0.5) is 5.95 Å². The second-order valence-electron chi connectivity index (χ2n) is 6.10. The van der Waals surface area contributed by atoms with Crippen molar-refractivity contribution < 1.29 is 9.84 Å². The first kappa shape index (κ1) is 17.3. The molecule has 1 aliphatic rings. The summed E-state index contributed by atoms with van der Waals surface area (Å²) in [5, 5.41) is 9.69. The van der Waals surface area contributed by atoms with Crippen LogP contribution in [0.25, 0.3) is 11.0 Å². The minimum atomic E-state index is -0.0975. The minimum Gasteiger partial charge on any atom is -0.394 e. The molecule has 8 heteroatoms. The lowest BCUT2D eigenvalue weighted by molar-refractivity contribution is 0.00166. The number of hydrogen-bond acceptors (Lipinski definition) is 6. The third kappa shape index (κ3) is 3.31. The molecule has 0 saturated heterocycles. The molecule has 0 atom stereocenters. The number of nitrogens with zero attached hydrogens (tertiary/aromatic N) is 3. The number of aryl methyl sites for hydroxylation is 1. The summed E-state index contributed by atoms with van der Waals surface area (Å²) in [5.41, 5.74) is 7.04. The van der Waals surface area contributed by atoms with Gasteiger partial charge in [-0.3, -0.25) is 9.36 Å². The highest BCUT2D eigenvalue weighted by Gasteiger charge is 2.26. The topological polar surface area (TPSA) is 103 Å². The highest BCUT2D eigenvalue weighted by Crippen LogP contribution is 2.32. The molecule has 7 nitrogen and oxygen atoms in total. The highest BCUT2D eigenvalue weighted by molar-refractivity contribution is 9.10. The molecule has 130 valence electrons. The first-order valence-electron chi connectivity index (χ1n) is 8.08. The maximum absolute atomic E-state index is 12.7. The van der Waals surface area contributed by atoms with Crippen molar-refractivity contribution in [3.63, 3.8) is 0 Å². The smallest absolute Gasteiger partial charge is 0.266 e. The molecule has 0 amide bonds. The zero-order valence-electron chi connectivity index (χ0n) is 13.5.